The number of hydrogen-bond acceptors (Lipinski definition) is 2. The van der Waals surface area contributed by atoms with Crippen LogP contribution in [-0.2, 0) is 9.53 Å². The summed E-state index contributed by atoms with van der Waals surface area (Å²) in [6.45, 7) is 2.19. The van der Waals surface area contributed by atoms with Crippen LogP contribution in [0, 0.1) is 5.41 Å². The van der Waals surface area contributed by atoms with Gasteiger partial charge in [0, 0.05) is 4.43 Å². The molecule has 0 radical (unpaired) electrons. The maximum Gasteiger partial charge on any atom is 0.321 e. The van der Waals surface area contributed by atoms with Crippen molar-refractivity contribution in [3.8, 4) is 0 Å². The van der Waals surface area contributed by atoms with Crippen molar-refractivity contribution in [3.05, 3.63) is 12.3 Å². The van der Waals surface area contributed by atoms with E-state index in [1.807, 2.05) is 6.08 Å². The van der Waals surface area contributed by atoms with Gasteiger partial charge in [-0.25, -0.2) is 0 Å². The van der Waals surface area contributed by atoms with E-state index in [-0.39, 0.29) is 11.4 Å². The molecule has 14 heavy (non-hydrogen) atoms. The number of hydrogen-bond donors (Lipinski definition) is 0. The van der Waals surface area contributed by atoms with Crippen LogP contribution in [0.5, 0.6) is 0 Å². The molecule has 0 aromatic carbocycles. The molecule has 1 atom stereocenters. The van der Waals surface area contributed by atoms with Gasteiger partial charge in [-0.1, -0.05) is 55.2 Å². The average Bonchev–Trinajstić information content (AvgIpc) is 2.56. The lowest BCUT2D eigenvalue weighted by atomic mass is 9.86. The Morgan fingerprint density at radius 3 is 2.71 bits per heavy atom. The highest BCUT2D eigenvalue weighted by molar-refractivity contribution is 14.1. The standard InChI is InChI=1S/C11H17IO2/c1-2-3-4-5-6-11(9-12)7-8-14-10(11)13/h7-8H,2-6,9H2,1H3. The smallest absolute Gasteiger partial charge is 0.321 e. The zero-order valence-corrected chi connectivity index (χ0v) is 10.7. The molecule has 0 aliphatic carbocycles. The van der Waals surface area contributed by atoms with Gasteiger partial charge < -0.3 is 4.74 Å². The summed E-state index contributed by atoms with van der Waals surface area (Å²) in [6, 6.07) is 0. The van der Waals surface area contributed by atoms with E-state index in [9.17, 15) is 4.79 Å². The van der Waals surface area contributed by atoms with Crippen LogP contribution in [0.4, 0.5) is 0 Å². The molecule has 1 heterocycles. The molecule has 0 amide bonds. The van der Waals surface area contributed by atoms with Gasteiger partial charge in [0.25, 0.3) is 0 Å². The number of cyclic esters (lactones) is 1. The second kappa shape index (κ2) is 5.73. The Balaban J connectivity index is 2.38. The van der Waals surface area contributed by atoms with E-state index in [4.69, 9.17) is 4.74 Å². The number of halogens is 1. The van der Waals surface area contributed by atoms with Crippen LogP contribution in [0.25, 0.3) is 0 Å². The molecule has 2 nitrogen and oxygen atoms in total. The van der Waals surface area contributed by atoms with Crippen molar-refractivity contribution >= 4 is 28.6 Å². The largest absolute Gasteiger partial charge is 0.434 e. The van der Waals surface area contributed by atoms with Crippen molar-refractivity contribution in [1.82, 2.24) is 0 Å². The van der Waals surface area contributed by atoms with E-state index < -0.39 is 0 Å². The van der Waals surface area contributed by atoms with E-state index in [0.717, 1.165) is 17.3 Å². The van der Waals surface area contributed by atoms with Gasteiger partial charge >= 0.3 is 5.97 Å². The number of unbranched alkanes of at least 4 members (excludes halogenated alkanes) is 3. The number of ether oxygens (including phenoxy) is 1. The number of carbonyl (C=O) groups is 1. The molecule has 0 bridgehead atoms. The maximum atomic E-state index is 11.5. The molecular weight excluding hydrogens is 291 g/mol. The monoisotopic (exact) mass is 308 g/mol. The molecule has 0 aromatic heterocycles. The van der Waals surface area contributed by atoms with Gasteiger partial charge in [0.05, 0.1) is 11.7 Å². The van der Waals surface area contributed by atoms with Crippen LogP contribution >= 0.6 is 22.6 Å². The van der Waals surface area contributed by atoms with Gasteiger partial charge in [-0.2, -0.15) is 0 Å². The van der Waals surface area contributed by atoms with Crippen LogP contribution < -0.4 is 0 Å². The number of esters is 1. The summed E-state index contributed by atoms with van der Waals surface area (Å²) in [6.07, 6.45) is 9.24. The third-order valence-corrected chi connectivity index (χ3v) is 4.04. The normalized spacial score (nSPS) is 25.4. The fraction of sp³-hybridized carbons (Fsp3) is 0.727. The minimum atomic E-state index is -0.311. The van der Waals surface area contributed by atoms with E-state index in [1.54, 1.807) is 6.26 Å². The summed E-state index contributed by atoms with van der Waals surface area (Å²) in [5, 5.41) is 0. The average molecular weight is 308 g/mol. The first-order valence-corrected chi connectivity index (χ1v) is 6.72. The molecule has 80 valence electrons. The Kier molecular flexibility index (Phi) is 4.92. The lowest BCUT2D eigenvalue weighted by Gasteiger charge is -2.20. The minimum Gasteiger partial charge on any atom is -0.434 e. The van der Waals surface area contributed by atoms with Gasteiger partial charge in [-0.05, 0) is 12.5 Å². The molecule has 0 aromatic rings. The predicted molar refractivity (Wildman–Crippen MR) is 65.3 cm³/mol. The quantitative estimate of drug-likeness (QED) is 0.325. The highest BCUT2D eigenvalue weighted by atomic mass is 127. The molecule has 0 saturated heterocycles. The van der Waals surface area contributed by atoms with E-state index in [1.165, 1.54) is 19.3 Å². The van der Waals surface area contributed by atoms with Crippen molar-refractivity contribution in [3.63, 3.8) is 0 Å². The second-order valence-electron chi connectivity index (χ2n) is 3.81. The zero-order chi connectivity index (χ0) is 10.4. The first kappa shape index (κ1) is 12.0. The molecule has 0 N–H and O–H groups in total. The molecule has 0 fully saturated rings. The van der Waals surface area contributed by atoms with Gasteiger partial charge in [0.2, 0.25) is 0 Å². The third-order valence-electron chi connectivity index (χ3n) is 2.68. The Hall–Kier alpha value is -0.0600. The van der Waals surface area contributed by atoms with Gasteiger partial charge in [-0.15, -0.1) is 0 Å². The number of alkyl halides is 1. The molecule has 1 aliphatic rings. The van der Waals surface area contributed by atoms with Crippen LogP contribution in [0.2, 0.25) is 0 Å². The van der Waals surface area contributed by atoms with Crippen LogP contribution in [0.1, 0.15) is 39.0 Å². The van der Waals surface area contributed by atoms with Crippen molar-refractivity contribution in [2.75, 3.05) is 4.43 Å². The van der Waals surface area contributed by atoms with Crippen LogP contribution in [0.3, 0.4) is 0 Å². The van der Waals surface area contributed by atoms with Crippen molar-refractivity contribution in [2.24, 2.45) is 5.41 Å². The molecular formula is C11H17IO2. The van der Waals surface area contributed by atoms with Gasteiger partial charge in [0.1, 0.15) is 0 Å². The number of carbonyl (C=O) groups excluding carboxylic acids is 1. The Labute approximate surface area is 99.2 Å². The van der Waals surface area contributed by atoms with Crippen LogP contribution in [-0.4, -0.2) is 10.4 Å². The summed E-state index contributed by atoms with van der Waals surface area (Å²) in [7, 11) is 0. The summed E-state index contributed by atoms with van der Waals surface area (Å²) in [5.41, 5.74) is -0.311. The predicted octanol–water partition coefficient (Wildman–Crippen LogP) is 3.45. The number of rotatable bonds is 6. The Morgan fingerprint density at radius 1 is 1.43 bits per heavy atom. The molecule has 0 spiro atoms. The first-order valence-electron chi connectivity index (χ1n) is 5.20. The molecule has 0 saturated carbocycles. The molecule has 1 rings (SSSR count). The van der Waals surface area contributed by atoms with Crippen molar-refractivity contribution in [1.29, 1.82) is 0 Å². The summed E-state index contributed by atoms with van der Waals surface area (Å²) < 4.78 is 5.72. The van der Waals surface area contributed by atoms with Gasteiger partial charge in [0.15, 0.2) is 0 Å². The Morgan fingerprint density at radius 2 is 2.21 bits per heavy atom. The minimum absolute atomic E-state index is 0.0663. The fourth-order valence-electron chi connectivity index (χ4n) is 1.63. The Bertz CT molecular complexity index is 225. The van der Waals surface area contributed by atoms with E-state index in [0.29, 0.717) is 0 Å². The molecule has 1 unspecified atom stereocenters. The topological polar surface area (TPSA) is 26.3 Å². The fourth-order valence-corrected chi connectivity index (χ4v) is 2.58. The van der Waals surface area contributed by atoms with E-state index >= 15 is 0 Å². The van der Waals surface area contributed by atoms with Crippen LogP contribution in [0.15, 0.2) is 12.3 Å². The van der Waals surface area contributed by atoms with Gasteiger partial charge in [-0.3, -0.25) is 4.79 Å². The SMILES string of the molecule is CCCCCCC1(CI)C=COC1=O. The summed E-state index contributed by atoms with van der Waals surface area (Å²) >= 11 is 2.27. The molecule has 1 aliphatic heterocycles. The van der Waals surface area contributed by atoms with E-state index in [2.05, 4.69) is 29.5 Å². The highest BCUT2D eigenvalue weighted by Crippen LogP contribution is 2.34. The highest BCUT2D eigenvalue weighted by Gasteiger charge is 2.39. The first-order chi connectivity index (χ1) is 6.75. The lowest BCUT2D eigenvalue weighted by molar-refractivity contribution is -0.143. The second-order valence-corrected chi connectivity index (χ2v) is 4.57. The zero-order valence-electron chi connectivity index (χ0n) is 8.59. The lowest BCUT2D eigenvalue weighted by Crippen LogP contribution is -2.27. The third kappa shape index (κ3) is 2.72. The summed E-state index contributed by atoms with van der Waals surface area (Å²) in [4.78, 5) is 11.5. The maximum absolute atomic E-state index is 11.5. The molecule has 3 heteroatoms. The summed E-state index contributed by atoms with van der Waals surface area (Å²) in [5.74, 6) is -0.0663. The van der Waals surface area contributed by atoms with Crippen molar-refractivity contribution in [2.45, 2.75) is 39.0 Å². The van der Waals surface area contributed by atoms with Crippen molar-refractivity contribution < 1.29 is 9.53 Å².